The van der Waals surface area contributed by atoms with Crippen LogP contribution in [-0.4, -0.2) is 38.3 Å². The van der Waals surface area contributed by atoms with Crippen molar-refractivity contribution in [3.05, 3.63) is 24.7 Å². The topological polar surface area (TPSA) is 88.6 Å². The van der Waals surface area contributed by atoms with E-state index in [4.69, 9.17) is 4.74 Å². The number of fused-ring (bicyclic) bond motifs is 1. The predicted octanol–water partition coefficient (Wildman–Crippen LogP) is 2.24. The summed E-state index contributed by atoms with van der Waals surface area (Å²) in [5.74, 6) is 1.24. The van der Waals surface area contributed by atoms with Crippen LogP contribution in [0.25, 0.3) is 22.3 Å². The second-order valence-electron chi connectivity index (χ2n) is 4.85. The van der Waals surface area contributed by atoms with E-state index in [-0.39, 0.29) is 6.10 Å². The second-order valence-corrected chi connectivity index (χ2v) is 4.85. The molecule has 0 saturated heterocycles. The van der Waals surface area contributed by atoms with Gasteiger partial charge in [-0.2, -0.15) is 10.1 Å². The smallest absolute Gasteiger partial charge is 0.225 e. The summed E-state index contributed by atoms with van der Waals surface area (Å²) in [7, 11) is 1.78. The molecule has 0 unspecified atom stereocenters. The maximum Gasteiger partial charge on any atom is 0.225 e. The Labute approximate surface area is 121 Å². The van der Waals surface area contributed by atoms with E-state index in [0.29, 0.717) is 17.3 Å². The van der Waals surface area contributed by atoms with Crippen LogP contribution in [0.3, 0.4) is 0 Å². The molecule has 3 aromatic rings. The van der Waals surface area contributed by atoms with Crippen LogP contribution in [0.15, 0.2) is 24.7 Å². The summed E-state index contributed by atoms with van der Waals surface area (Å²) >= 11 is 0. The summed E-state index contributed by atoms with van der Waals surface area (Å²) in [5.41, 5.74) is 2.30. The van der Waals surface area contributed by atoms with Gasteiger partial charge in [0.25, 0.3) is 0 Å². The van der Waals surface area contributed by atoms with E-state index in [1.807, 2.05) is 19.9 Å². The number of ether oxygens (including phenoxy) is 1. The Kier molecular flexibility index (Phi) is 3.39. The van der Waals surface area contributed by atoms with E-state index >= 15 is 0 Å². The van der Waals surface area contributed by atoms with Gasteiger partial charge in [-0.15, -0.1) is 0 Å². The highest BCUT2D eigenvalue weighted by molar-refractivity contribution is 5.90. The van der Waals surface area contributed by atoms with Gasteiger partial charge in [0.1, 0.15) is 5.75 Å². The van der Waals surface area contributed by atoms with Crippen LogP contribution in [0.4, 0.5) is 5.95 Å². The van der Waals surface area contributed by atoms with Crippen molar-refractivity contribution in [2.45, 2.75) is 20.0 Å². The molecule has 7 heteroatoms. The van der Waals surface area contributed by atoms with Crippen LogP contribution in [0.2, 0.25) is 0 Å². The Hall–Kier alpha value is -2.70. The van der Waals surface area contributed by atoms with E-state index in [9.17, 15) is 0 Å². The van der Waals surface area contributed by atoms with Crippen LogP contribution >= 0.6 is 0 Å². The van der Waals surface area contributed by atoms with Gasteiger partial charge in [-0.3, -0.25) is 10.1 Å². The average molecular weight is 284 g/mol. The number of aromatic amines is 1. The fourth-order valence-electron chi connectivity index (χ4n) is 2.05. The molecule has 108 valence electrons. The molecule has 0 amide bonds. The van der Waals surface area contributed by atoms with Gasteiger partial charge in [-0.05, 0) is 19.9 Å². The molecule has 0 bridgehead atoms. The standard InChI is InChI=1S/C14H16N6O/c1-8(2)21-10-4-9(5-16-6-10)12-11-7-17-20-13(11)19-14(15-3)18-12/h4-8H,1-3H3,(H2,15,17,18,19,20). The third-order valence-corrected chi connectivity index (χ3v) is 2.89. The van der Waals surface area contributed by atoms with Crippen LogP contribution in [0, 0.1) is 0 Å². The molecule has 0 spiro atoms. The highest BCUT2D eigenvalue weighted by Gasteiger charge is 2.12. The lowest BCUT2D eigenvalue weighted by Crippen LogP contribution is -2.06. The number of pyridine rings is 1. The van der Waals surface area contributed by atoms with Crippen molar-refractivity contribution in [1.82, 2.24) is 25.1 Å². The van der Waals surface area contributed by atoms with E-state index in [2.05, 4.69) is 30.5 Å². The van der Waals surface area contributed by atoms with Gasteiger partial charge < -0.3 is 10.1 Å². The first-order valence-electron chi connectivity index (χ1n) is 6.68. The summed E-state index contributed by atoms with van der Waals surface area (Å²) in [6.07, 6.45) is 5.24. The predicted molar refractivity (Wildman–Crippen MR) is 80.2 cm³/mol. The highest BCUT2D eigenvalue weighted by Crippen LogP contribution is 2.28. The molecule has 0 radical (unpaired) electrons. The first kappa shape index (κ1) is 13.3. The minimum atomic E-state index is 0.0919. The van der Waals surface area contributed by atoms with E-state index in [0.717, 1.165) is 16.6 Å². The van der Waals surface area contributed by atoms with Gasteiger partial charge in [0.05, 0.1) is 29.6 Å². The summed E-state index contributed by atoms with van der Waals surface area (Å²) in [6, 6.07) is 1.92. The lowest BCUT2D eigenvalue weighted by molar-refractivity contribution is 0.241. The number of aromatic nitrogens is 5. The van der Waals surface area contributed by atoms with Crippen molar-refractivity contribution in [3.8, 4) is 17.0 Å². The third kappa shape index (κ3) is 2.62. The molecular formula is C14H16N6O. The minimum absolute atomic E-state index is 0.0919. The fourth-order valence-corrected chi connectivity index (χ4v) is 2.05. The van der Waals surface area contributed by atoms with Crippen LogP contribution in [-0.2, 0) is 0 Å². The maximum atomic E-state index is 5.68. The first-order chi connectivity index (χ1) is 10.2. The molecule has 0 fully saturated rings. The van der Waals surface area contributed by atoms with Crippen molar-refractivity contribution < 1.29 is 4.74 Å². The number of nitrogens with one attached hydrogen (secondary N) is 2. The first-order valence-corrected chi connectivity index (χ1v) is 6.68. The van der Waals surface area contributed by atoms with Gasteiger partial charge in [0.2, 0.25) is 5.95 Å². The Morgan fingerprint density at radius 1 is 1.19 bits per heavy atom. The Balaban J connectivity index is 2.13. The number of rotatable bonds is 4. The minimum Gasteiger partial charge on any atom is -0.489 e. The highest BCUT2D eigenvalue weighted by atomic mass is 16.5. The van der Waals surface area contributed by atoms with Crippen LogP contribution in [0.1, 0.15) is 13.8 Å². The number of H-pyrrole nitrogens is 1. The van der Waals surface area contributed by atoms with Crippen LogP contribution in [0.5, 0.6) is 5.75 Å². The van der Waals surface area contributed by atoms with Gasteiger partial charge in [-0.1, -0.05) is 0 Å². The summed E-state index contributed by atoms with van der Waals surface area (Å²) in [4.78, 5) is 13.0. The zero-order valence-electron chi connectivity index (χ0n) is 12.1. The quantitative estimate of drug-likeness (QED) is 0.764. The lowest BCUT2D eigenvalue weighted by Gasteiger charge is -2.10. The number of hydrogen-bond acceptors (Lipinski definition) is 6. The summed E-state index contributed by atoms with van der Waals surface area (Å²) < 4.78 is 5.68. The van der Waals surface area contributed by atoms with Crippen molar-refractivity contribution in [1.29, 1.82) is 0 Å². The normalized spacial score (nSPS) is 11.0. The Bertz CT molecular complexity index is 767. The van der Waals surface area contributed by atoms with Gasteiger partial charge >= 0.3 is 0 Å². The number of nitrogens with zero attached hydrogens (tertiary/aromatic N) is 4. The molecule has 0 aliphatic carbocycles. The molecule has 0 saturated carbocycles. The second kappa shape index (κ2) is 5.35. The molecule has 0 atom stereocenters. The summed E-state index contributed by atoms with van der Waals surface area (Å²) in [5, 5.41) is 10.7. The lowest BCUT2D eigenvalue weighted by atomic mass is 10.1. The SMILES string of the molecule is CNc1nc(-c2cncc(OC(C)C)c2)c2cn[nH]c2n1. The van der Waals surface area contributed by atoms with E-state index in [1.165, 1.54) is 0 Å². The molecule has 3 rings (SSSR count). The zero-order chi connectivity index (χ0) is 14.8. The molecule has 2 N–H and O–H groups in total. The van der Waals surface area contributed by atoms with Gasteiger partial charge in [-0.25, -0.2) is 4.98 Å². The molecule has 3 aromatic heterocycles. The molecule has 0 aliphatic rings. The maximum absolute atomic E-state index is 5.68. The summed E-state index contributed by atoms with van der Waals surface area (Å²) in [6.45, 7) is 3.95. The Morgan fingerprint density at radius 2 is 2.05 bits per heavy atom. The molecule has 3 heterocycles. The average Bonchev–Trinajstić information content (AvgIpc) is 2.94. The van der Waals surface area contributed by atoms with Crippen molar-refractivity contribution in [2.24, 2.45) is 0 Å². The van der Waals surface area contributed by atoms with E-state index < -0.39 is 0 Å². The molecular weight excluding hydrogens is 268 g/mol. The number of hydrogen-bond donors (Lipinski definition) is 2. The molecule has 0 aromatic carbocycles. The van der Waals surface area contributed by atoms with Gasteiger partial charge in [0.15, 0.2) is 5.65 Å². The molecule has 0 aliphatic heterocycles. The van der Waals surface area contributed by atoms with Crippen LogP contribution < -0.4 is 10.1 Å². The monoisotopic (exact) mass is 284 g/mol. The zero-order valence-corrected chi connectivity index (χ0v) is 12.1. The molecule has 7 nitrogen and oxygen atoms in total. The Morgan fingerprint density at radius 3 is 2.81 bits per heavy atom. The largest absolute Gasteiger partial charge is 0.489 e. The van der Waals surface area contributed by atoms with Crippen molar-refractivity contribution >= 4 is 17.0 Å². The molecule has 21 heavy (non-hydrogen) atoms. The van der Waals surface area contributed by atoms with Crippen molar-refractivity contribution in [2.75, 3.05) is 12.4 Å². The fraction of sp³-hybridized carbons (Fsp3) is 0.286. The van der Waals surface area contributed by atoms with Crippen molar-refractivity contribution in [3.63, 3.8) is 0 Å². The van der Waals surface area contributed by atoms with Gasteiger partial charge in [0, 0.05) is 18.8 Å². The van der Waals surface area contributed by atoms with E-state index in [1.54, 1.807) is 25.6 Å². The third-order valence-electron chi connectivity index (χ3n) is 2.89. The number of anilines is 1.